The summed E-state index contributed by atoms with van der Waals surface area (Å²) in [7, 11) is 0. The Morgan fingerprint density at radius 3 is 2.58 bits per heavy atom. The lowest BCUT2D eigenvalue weighted by Crippen LogP contribution is -2.07. The third kappa shape index (κ3) is 4.11. The van der Waals surface area contributed by atoms with Crippen LogP contribution in [0.5, 0.6) is 0 Å². The van der Waals surface area contributed by atoms with Gasteiger partial charge in [0, 0.05) is 28.9 Å². The predicted octanol–water partition coefficient (Wildman–Crippen LogP) is 3.87. The van der Waals surface area contributed by atoms with Crippen molar-refractivity contribution in [1.29, 1.82) is 0 Å². The molecule has 0 radical (unpaired) electrons. The lowest BCUT2D eigenvalue weighted by Gasteiger charge is -2.05. The summed E-state index contributed by atoms with van der Waals surface area (Å²) in [5.74, 6) is 0.540. The highest BCUT2D eigenvalue weighted by Crippen LogP contribution is 2.19. The van der Waals surface area contributed by atoms with Gasteiger partial charge >= 0.3 is 0 Å². The minimum absolute atomic E-state index is 0.189. The minimum atomic E-state index is -0.189. The van der Waals surface area contributed by atoms with Gasteiger partial charge in [-0.3, -0.25) is 4.79 Å². The van der Waals surface area contributed by atoms with E-state index in [2.05, 4.69) is 20.3 Å². The fourth-order valence-corrected chi connectivity index (χ4v) is 2.72. The Labute approximate surface area is 144 Å². The average Bonchev–Trinajstić information content (AvgIpc) is 2.99. The number of carbonyl (C=O) groups excluding carboxylic acids is 1. The summed E-state index contributed by atoms with van der Waals surface area (Å²) < 4.78 is 0. The molecule has 0 aliphatic carbocycles. The average molecular weight is 336 g/mol. The van der Waals surface area contributed by atoms with Crippen molar-refractivity contribution in [1.82, 2.24) is 15.0 Å². The number of thiazole rings is 1. The van der Waals surface area contributed by atoms with E-state index in [0.29, 0.717) is 0 Å². The number of rotatable bonds is 4. The molecule has 0 unspecified atom stereocenters. The van der Waals surface area contributed by atoms with Crippen LogP contribution >= 0.6 is 11.3 Å². The van der Waals surface area contributed by atoms with Gasteiger partial charge in [0.15, 0.2) is 0 Å². The van der Waals surface area contributed by atoms with Gasteiger partial charge in [-0.15, -0.1) is 11.3 Å². The van der Waals surface area contributed by atoms with Crippen molar-refractivity contribution in [3.8, 4) is 11.3 Å². The second kappa shape index (κ2) is 7.14. The van der Waals surface area contributed by atoms with Gasteiger partial charge < -0.3 is 5.32 Å². The van der Waals surface area contributed by atoms with Crippen LogP contribution < -0.4 is 5.32 Å². The van der Waals surface area contributed by atoms with E-state index in [1.165, 1.54) is 6.08 Å². The molecular formula is C18H16N4OS. The van der Waals surface area contributed by atoms with Gasteiger partial charge in [0.2, 0.25) is 5.91 Å². The molecule has 1 N–H and O–H groups in total. The summed E-state index contributed by atoms with van der Waals surface area (Å²) in [5, 5.41) is 5.72. The van der Waals surface area contributed by atoms with Crippen LogP contribution in [0.1, 0.15) is 16.5 Å². The SMILES string of the molecule is Cc1nccc(-c2ccc(NC(=O)/C=C/c3csc(C)n3)cc2)n1. The van der Waals surface area contributed by atoms with Crippen molar-refractivity contribution in [3.63, 3.8) is 0 Å². The second-order valence-corrected chi connectivity index (χ2v) is 6.24. The zero-order chi connectivity index (χ0) is 16.9. The van der Waals surface area contributed by atoms with E-state index in [1.54, 1.807) is 23.6 Å². The number of benzene rings is 1. The Kier molecular flexibility index (Phi) is 4.77. The summed E-state index contributed by atoms with van der Waals surface area (Å²) in [5.41, 5.74) is 3.36. The second-order valence-electron chi connectivity index (χ2n) is 5.18. The minimum Gasteiger partial charge on any atom is -0.323 e. The Hall–Kier alpha value is -2.86. The first kappa shape index (κ1) is 16.0. The van der Waals surface area contributed by atoms with Crippen LogP contribution in [0.25, 0.3) is 17.3 Å². The first-order chi connectivity index (χ1) is 11.6. The fourth-order valence-electron chi connectivity index (χ4n) is 2.14. The maximum Gasteiger partial charge on any atom is 0.248 e. The molecule has 0 atom stereocenters. The van der Waals surface area contributed by atoms with Crippen molar-refractivity contribution < 1.29 is 4.79 Å². The van der Waals surface area contributed by atoms with Crippen molar-refractivity contribution in [3.05, 3.63) is 64.5 Å². The standard InChI is InChI=1S/C18H16N4OS/c1-12-19-10-9-17(20-12)14-3-5-15(6-4-14)22-18(23)8-7-16-11-24-13(2)21-16/h3-11H,1-2H3,(H,22,23)/b8-7+. The number of aromatic nitrogens is 3. The van der Waals surface area contributed by atoms with Crippen LogP contribution in [0.4, 0.5) is 5.69 Å². The van der Waals surface area contributed by atoms with Crippen LogP contribution in [0.3, 0.4) is 0 Å². The number of aryl methyl sites for hydroxylation is 2. The molecule has 2 heterocycles. The van der Waals surface area contributed by atoms with Gasteiger partial charge in [-0.2, -0.15) is 0 Å². The predicted molar refractivity (Wildman–Crippen MR) is 96.7 cm³/mol. The zero-order valence-electron chi connectivity index (χ0n) is 13.4. The molecular weight excluding hydrogens is 320 g/mol. The highest BCUT2D eigenvalue weighted by molar-refractivity contribution is 7.09. The number of nitrogens with zero attached hydrogens (tertiary/aromatic N) is 3. The highest BCUT2D eigenvalue weighted by Gasteiger charge is 2.02. The molecule has 0 saturated heterocycles. The van der Waals surface area contributed by atoms with E-state index in [4.69, 9.17) is 0 Å². The molecule has 120 valence electrons. The Morgan fingerprint density at radius 1 is 1.12 bits per heavy atom. The molecule has 0 bridgehead atoms. The van der Waals surface area contributed by atoms with Crippen LogP contribution in [0.15, 0.2) is 48.0 Å². The first-order valence-corrected chi connectivity index (χ1v) is 8.29. The molecule has 0 saturated carbocycles. The third-order valence-electron chi connectivity index (χ3n) is 3.27. The largest absolute Gasteiger partial charge is 0.323 e. The van der Waals surface area contributed by atoms with E-state index < -0.39 is 0 Å². The molecule has 24 heavy (non-hydrogen) atoms. The van der Waals surface area contributed by atoms with E-state index in [9.17, 15) is 4.79 Å². The molecule has 3 rings (SSSR count). The third-order valence-corrected chi connectivity index (χ3v) is 4.06. The fraction of sp³-hybridized carbons (Fsp3) is 0.111. The molecule has 1 amide bonds. The summed E-state index contributed by atoms with van der Waals surface area (Å²) in [6, 6.07) is 9.41. The maximum absolute atomic E-state index is 11.9. The number of nitrogens with one attached hydrogen (secondary N) is 1. The van der Waals surface area contributed by atoms with E-state index >= 15 is 0 Å². The molecule has 0 aliphatic rings. The van der Waals surface area contributed by atoms with Crippen molar-refractivity contribution in [2.24, 2.45) is 0 Å². The summed E-state index contributed by atoms with van der Waals surface area (Å²) in [4.78, 5) is 24.7. The van der Waals surface area contributed by atoms with Crippen molar-refractivity contribution in [2.75, 3.05) is 5.32 Å². The number of anilines is 1. The van der Waals surface area contributed by atoms with Crippen LogP contribution in [-0.2, 0) is 4.79 Å². The quantitative estimate of drug-likeness (QED) is 0.734. The summed E-state index contributed by atoms with van der Waals surface area (Å²) in [6.45, 7) is 3.79. The van der Waals surface area contributed by atoms with E-state index in [1.807, 2.05) is 49.6 Å². The monoisotopic (exact) mass is 336 g/mol. The first-order valence-electron chi connectivity index (χ1n) is 7.41. The van der Waals surface area contributed by atoms with Crippen molar-refractivity contribution in [2.45, 2.75) is 13.8 Å². The molecule has 0 spiro atoms. The van der Waals surface area contributed by atoms with Crippen molar-refractivity contribution >= 4 is 29.0 Å². The lowest BCUT2D eigenvalue weighted by atomic mass is 10.1. The molecule has 5 nitrogen and oxygen atoms in total. The van der Waals surface area contributed by atoms with Gasteiger partial charge in [-0.25, -0.2) is 15.0 Å². The van der Waals surface area contributed by atoms with E-state index in [0.717, 1.165) is 33.5 Å². The molecule has 0 aliphatic heterocycles. The van der Waals surface area contributed by atoms with Crippen LogP contribution in [-0.4, -0.2) is 20.9 Å². The zero-order valence-corrected chi connectivity index (χ0v) is 14.2. The Balaban J connectivity index is 1.65. The normalized spacial score (nSPS) is 10.9. The number of amides is 1. The van der Waals surface area contributed by atoms with Crippen LogP contribution in [0, 0.1) is 13.8 Å². The number of carbonyl (C=O) groups is 1. The molecule has 2 aromatic heterocycles. The molecule has 1 aromatic carbocycles. The summed E-state index contributed by atoms with van der Waals surface area (Å²) in [6.07, 6.45) is 4.92. The molecule has 6 heteroatoms. The molecule has 3 aromatic rings. The molecule has 0 fully saturated rings. The van der Waals surface area contributed by atoms with Gasteiger partial charge in [0.25, 0.3) is 0 Å². The smallest absolute Gasteiger partial charge is 0.248 e. The van der Waals surface area contributed by atoms with Gasteiger partial charge in [-0.05, 0) is 38.1 Å². The Bertz CT molecular complexity index is 884. The number of hydrogen-bond donors (Lipinski definition) is 1. The van der Waals surface area contributed by atoms with E-state index in [-0.39, 0.29) is 5.91 Å². The maximum atomic E-state index is 11.9. The van der Waals surface area contributed by atoms with Crippen LogP contribution in [0.2, 0.25) is 0 Å². The van der Waals surface area contributed by atoms with Gasteiger partial charge in [0.05, 0.1) is 16.4 Å². The Morgan fingerprint density at radius 2 is 1.92 bits per heavy atom. The number of hydrogen-bond acceptors (Lipinski definition) is 5. The lowest BCUT2D eigenvalue weighted by molar-refractivity contribution is -0.111. The summed E-state index contributed by atoms with van der Waals surface area (Å²) >= 11 is 1.56. The highest BCUT2D eigenvalue weighted by atomic mass is 32.1. The van der Waals surface area contributed by atoms with Gasteiger partial charge in [0.1, 0.15) is 5.82 Å². The van der Waals surface area contributed by atoms with Gasteiger partial charge in [-0.1, -0.05) is 12.1 Å². The topological polar surface area (TPSA) is 67.8 Å².